The van der Waals surface area contributed by atoms with Gasteiger partial charge in [-0.25, -0.2) is 13.8 Å². The Labute approximate surface area is 455 Å². The second-order valence-electron chi connectivity index (χ2n) is 21.9. The van der Waals surface area contributed by atoms with Crippen molar-refractivity contribution in [3.63, 3.8) is 0 Å². The zero-order valence-corrected chi connectivity index (χ0v) is 45.4. The highest BCUT2D eigenvalue weighted by Gasteiger charge is 2.44. The van der Waals surface area contributed by atoms with E-state index < -0.39 is 29.5 Å². The molecule has 11 rings (SSSR count). The van der Waals surface area contributed by atoms with Crippen molar-refractivity contribution in [1.29, 1.82) is 0 Å². The Morgan fingerprint density at radius 3 is 2.49 bits per heavy atom. The average Bonchev–Trinajstić information content (AvgIpc) is 4.28. The number of aromatic nitrogens is 5. The third kappa shape index (κ3) is 10.8. The number of β-amino-alcohol motifs (C(OH)–C–C–N with tert-alkyl or cyclic N) is 1. The van der Waals surface area contributed by atoms with Gasteiger partial charge in [-0.15, -0.1) is 11.3 Å². The molecule has 2 bridgehead atoms. The minimum Gasteiger partial charge on any atom is -0.508 e. The molecular formula is C58H66F2N10O7S. The molecule has 7 aromatic rings. The van der Waals surface area contributed by atoms with Crippen molar-refractivity contribution in [2.45, 2.75) is 115 Å². The van der Waals surface area contributed by atoms with Crippen molar-refractivity contribution in [2.75, 3.05) is 57.4 Å². The number of nitrogens with zero attached hydrogens (tertiary/aromatic N) is 8. The van der Waals surface area contributed by atoms with Crippen LogP contribution in [0.25, 0.3) is 43.4 Å². The Hall–Kier alpha value is -6.87. The van der Waals surface area contributed by atoms with Crippen molar-refractivity contribution in [3.8, 4) is 39.3 Å². The number of benzene rings is 3. The summed E-state index contributed by atoms with van der Waals surface area (Å²) in [7, 11) is 0. The molecule has 4 unspecified atom stereocenters. The van der Waals surface area contributed by atoms with Gasteiger partial charge in [-0.3, -0.25) is 19.5 Å². The van der Waals surface area contributed by atoms with Crippen LogP contribution in [0.15, 0.2) is 76.9 Å². The number of alkyl halides is 1. The molecule has 4 fully saturated rings. The van der Waals surface area contributed by atoms with Gasteiger partial charge < -0.3 is 44.6 Å². The van der Waals surface area contributed by atoms with E-state index in [4.69, 9.17) is 19.0 Å². The number of amides is 2. The molecular weight excluding hydrogens is 1020 g/mol. The van der Waals surface area contributed by atoms with Crippen molar-refractivity contribution in [1.82, 2.24) is 45.5 Å². The van der Waals surface area contributed by atoms with Gasteiger partial charge in [-0.05, 0) is 96.6 Å². The van der Waals surface area contributed by atoms with Crippen LogP contribution < -0.4 is 25.0 Å². The van der Waals surface area contributed by atoms with Gasteiger partial charge in [0, 0.05) is 75.6 Å². The van der Waals surface area contributed by atoms with E-state index >= 15 is 8.78 Å². The SMILES string of the molecule is CCc1cccc2cc(O)cc(-c3ncc4c(N5CC6CCC(C5)N6)nc(OCCN5CCC(F)(COc6cc(C(C(=O)N7C[C@H](O)C[C@H]7C(=O)NC(C)c7ccc(-c8scnc8C)cc7)C(C)C)on6)CC5)nc4c3F)c12. The number of ether oxygens (including phenoxy) is 2. The van der Waals surface area contributed by atoms with Crippen LogP contribution in [-0.2, 0) is 16.0 Å². The summed E-state index contributed by atoms with van der Waals surface area (Å²) in [6.07, 6.45) is 3.97. The minimum absolute atomic E-state index is 0.00634. The molecule has 4 saturated heterocycles. The number of pyridine rings is 1. The smallest absolute Gasteiger partial charge is 0.319 e. The number of hydrogen-bond acceptors (Lipinski definition) is 16. The number of aliphatic hydroxyl groups excluding tert-OH is 1. The Morgan fingerprint density at radius 1 is 1.00 bits per heavy atom. The first kappa shape index (κ1) is 53.1. The van der Waals surface area contributed by atoms with Gasteiger partial charge in [0.15, 0.2) is 11.6 Å². The quantitative estimate of drug-likeness (QED) is 0.0676. The predicted molar refractivity (Wildman–Crippen MR) is 293 cm³/mol. The van der Waals surface area contributed by atoms with Crippen LogP contribution in [0.3, 0.4) is 0 Å². The third-order valence-electron chi connectivity index (χ3n) is 16.1. The standard InChI is InChI=1S/C58H66F2N10O7S/c1-6-35-8-7-9-38-22-41(71)23-43(49(35)38)51-50(59)52-44(26-61-51)54(69-27-39-14-15-40(28-69)64-39)66-57(65-52)75-21-20-68-18-16-58(60,17-19-68)30-76-47-25-46(77-67-47)48(32(2)3)56(74)70-29-42(72)24-45(70)55(73)63-33(4)36-10-12-37(13-11-36)53-34(5)62-31-78-53/h7-13,22-23,25-26,31-33,39-40,42,45,48,64,71-72H,6,14-21,24,27-30H2,1-5H3,(H,63,73)/t33?,39?,40?,42-,45+,48?/m1/s1. The molecule has 8 heterocycles. The third-order valence-corrected chi connectivity index (χ3v) is 17.1. The number of piperidine rings is 1. The highest BCUT2D eigenvalue weighted by atomic mass is 32.1. The van der Waals surface area contributed by atoms with Crippen LogP contribution in [-0.4, -0.2) is 139 Å². The van der Waals surface area contributed by atoms with Crippen LogP contribution in [0, 0.1) is 18.7 Å². The molecule has 4 aliphatic rings. The fraction of sp³-hybridized carbons (Fsp3) is 0.466. The zero-order chi connectivity index (χ0) is 54.4. The van der Waals surface area contributed by atoms with E-state index in [1.807, 2.05) is 82.6 Å². The van der Waals surface area contributed by atoms with E-state index in [1.54, 1.807) is 29.7 Å². The maximum absolute atomic E-state index is 17.1. The maximum Gasteiger partial charge on any atom is 0.319 e. The summed E-state index contributed by atoms with van der Waals surface area (Å²) >= 11 is 1.57. The predicted octanol–water partition coefficient (Wildman–Crippen LogP) is 8.45. The van der Waals surface area contributed by atoms with Gasteiger partial charge in [0.05, 0.1) is 33.6 Å². The molecule has 2 amide bonds. The Bertz CT molecular complexity index is 3320. The molecule has 78 heavy (non-hydrogen) atoms. The number of phenolic OH excluding ortho intramolecular Hbond substituents is 1. The molecule has 3 aromatic carbocycles. The largest absolute Gasteiger partial charge is 0.508 e. The molecule has 0 spiro atoms. The van der Waals surface area contributed by atoms with E-state index in [0.717, 1.165) is 50.9 Å². The fourth-order valence-electron chi connectivity index (χ4n) is 11.8. The van der Waals surface area contributed by atoms with Gasteiger partial charge in [0.2, 0.25) is 11.8 Å². The first-order valence-corrected chi connectivity index (χ1v) is 28.0. The summed E-state index contributed by atoms with van der Waals surface area (Å²) in [5.41, 5.74) is 4.67. The molecule has 20 heteroatoms. The number of likely N-dealkylation sites (tertiary alicyclic amines) is 2. The maximum atomic E-state index is 17.1. The Kier molecular flexibility index (Phi) is 15.1. The number of rotatable bonds is 17. The number of phenols is 1. The van der Waals surface area contributed by atoms with E-state index in [0.29, 0.717) is 55.9 Å². The highest BCUT2D eigenvalue weighted by molar-refractivity contribution is 7.13. The number of halogens is 2. The first-order chi connectivity index (χ1) is 37.6. The normalized spacial score (nSPS) is 21.1. The summed E-state index contributed by atoms with van der Waals surface area (Å²) in [5.74, 6) is -1.70. The summed E-state index contributed by atoms with van der Waals surface area (Å²) < 4.78 is 51.3. The number of fused-ring (bicyclic) bond motifs is 4. The Morgan fingerprint density at radius 2 is 1.77 bits per heavy atom. The molecule has 0 radical (unpaired) electrons. The van der Waals surface area contributed by atoms with Gasteiger partial charge in [0.25, 0.3) is 5.88 Å². The number of piperazine rings is 1. The lowest BCUT2D eigenvalue weighted by molar-refractivity contribution is -0.141. The topological polar surface area (TPSA) is 204 Å². The van der Waals surface area contributed by atoms with Crippen molar-refractivity contribution < 1.29 is 42.6 Å². The minimum atomic E-state index is -1.67. The van der Waals surface area contributed by atoms with Gasteiger partial charge in [-0.2, -0.15) is 9.97 Å². The zero-order valence-electron chi connectivity index (χ0n) is 44.5. The second-order valence-corrected chi connectivity index (χ2v) is 22.7. The van der Waals surface area contributed by atoms with Crippen LogP contribution in [0.4, 0.5) is 14.6 Å². The average molecular weight is 1090 g/mol. The summed E-state index contributed by atoms with van der Waals surface area (Å²) in [4.78, 5) is 53.4. The van der Waals surface area contributed by atoms with Crippen LogP contribution in [0.1, 0.15) is 94.3 Å². The number of hydrogen-bond donors (Lipinski definition) is 4. The molecule has 0 saturated carbocycles. The van der Waals surface area contributed by atoms with E-state index in [-0.39, 0.29) is 109 Å². The lowest BCUT2D eigenvalue weighted by Gasteiger charge is -2.35. The number of aryl methyl sites for hydroxylation is 2. The molecule has 4 aromatic heterocycles. The second kappa shape index (κ2) is 22.1. The first-order valence-electron chi connectivity index (χ1n) is 27.2. The van der Waals surface area contributed by atoms with Gasteiger partial charge in [0.1, 0.15) is 53.6 Å². The Balaban J connectivity index is 0.711. The molecule has 4 N–H and O–H groups in total. The van der Waals surface area contributed by atoms with Crippen LogP contribution >= 0.6 is 11.3 Å². The van der Waals surface area contributed by atoms with Crippen molar-refractivity contribution >= 4 is 50.6 Å². The molecule has 17 nitrogen and oxygen atoms in total. The molecule has 6 atom stereocenters. The molecule has 0 aliphatic carbocycles. The summed E-state index contributed by atoms with van der Waals surface area (Å²) in [5, 5.41) is 34.3. The molecule has 410 valence electrons. The van der Waals surface area contributed by atoms with Crippen LogP contribution in [0.2, 0.25) is 0 Å². The monoisotopic (exact) mass is 1080 g/mol. The van der Waals surface area contributed by atoms with Gasteiger partial charge >= 0.3 is 6.01 Å². The number of carbonyl (C=O) groups is 2. The summed E-state index contributed by atoms with van der Waals surface area (Å²) in [6.45, 7) is 12.2. The van der Waals surface area contributed by atoms with Crippen molar-refractivity contribution in [3.05, 3.63) is 101 Å². The van der Waals surface area contributed by atoms with Crippen molar-refractivity contribution in [2.24, 2.45) is 5.92 Å². The summed E-state index contributed by atoms with van der Waals surface area (Å²) in [6, 6.07) is 17.8. The fourth-order valence-corrected chi connectivity index (χ4v) is 12.7. The van der Waals surface area contributed by atoms with E-state index in [2.05, 4.69) is 40.5 Å². The number of thiazole rings is 1. The highest BCUT2D eigenvalue weighted by Crippen LogP contribution is 2.40. The lowest BCUT2D eigenvalue weighted by atomic mass is 9.91. The number of aliphatic hydroxyl groups is 1. The number of aromatic hydroxyl groups is 1. The van der Waals surface area contributed by atoms with E-state index in [1.165, 1.54) is 11.0 Å². The van der Waals surface area contributed by atoms with E-state index in [9.17, 15) is 19.8 Å². The van der Waals surface area contributed by atoms with Crippen LogP contribution in [0.5, 0.6) is 17.6 Å². The van der Waals surface area contributed by atoms with Gasteiger partial charge in [-0.1, -0.05) is 63.2 Å². The molecule has 4 aliphatic heterocycles. The number of carbonyl (C=O) groups excluding carboxylic acids is 2. The lowest BCUT2D eigenvalue weighted by Crippen LogP contribution is -2.51. The number of anilines is 1. The number of nitrogens with one attached hydrogen (secondary N) is 2.